The van der Waals surface area contributed by atoms with Crippen molar-refractivity contribution in [1.82, 2.24) is 54.0 Å². The van der Waals surface area contributed by atoms with Crippen LogP contribution in [0.4, 0.5) is 0 Å². The number of para-hydroxylation sites is 2. The minimum absolute atomic E-state index is 0.398. The summed E-state index contributed by atoms with van der Waals surface area (Å²) < 4.78 is 4.55. The molecule has 0 fully saturated rings. The molecule has 0 atom stereocenters. The lowest BCUT2D eigenvalue weighted by atomic mass is 9.96. The maximum atomic E-state index is 10.4. The number of nitrogens with zero attached hydrogens (tertiary/aromatic N) is 13. The lowest BCUT2D eigenvalue weighted by Crippen LogP contribution is -2.04. The number of hydrogen-bond acceptors (Lipinski definition) is 11. The van der Waals surface area contributed by atoms with Crippen LogP contribution in [0, 0.1) is 22.7 Å². The topological polar surface area (TPSA) is 173 Å². The molecule has 5 heterocycles. The third kappa shape index (κ3) is 11.0. The van der Waals surface area contributed by atoms with Crippen molar-refractivity contribution < 1.29 is 0 Å². The second-order valence-corrected chi connectivity index (χ2v) is 24.8. The molecular weight excluding hydrogens is 1250 g/mol. The average Bonchev–Trinajstić information content (AvgIpc) is 1.33. The number of aromatic nitrogens is 11. The van der Waals surface area contributed by atoms with Gasteiger partial charge in [-0.1, -0.05) is 224 Å². The first kappa shape index (κ1) is 59.9. The summed E-state index contributed by atoms with van der Waals surface area (Å²) in [5.41, 5.74) is 17.2. The highest BCUT2D eigenvalue weighted by molar-refractivity contribution is 6.12. The molecule has 0 saturated carbocycles. The largest absolute Gasteiger partial charge is 0.309 e. The average molecular weight is 1300 g/mol. The summed E-state index contributed by atoms with van der Waals surface area (Å²) in [6.45, 7) is 0. The summed E-state index contributed by atoms with van der Waals surface area (Å²) >= 11 is 0. The highest BCUT2D eigenvalue weighted by Crippen LogP contribution is 2.43. The molecule has 13 nitrogen and oxygen atoms in total. The molecule has 18 rings (SSSR count). The van der Waals surface area contributed by atoms with Gasteiger partial charge in [-0.2, -0.15) is 10.5 Å². The van der Waals surface area contributed by atoms with E-state index < -0.39 is 0 Å². The zero-order chi connectivity index (χ0) is 68.0. The lowest BCUT2D eigenvalue weighted by molar-refractivity contribution is 1.07. The first-order valence-corrected chi connectivity index (χ1v) is 33.4. The van der Waals surface area contributed by atoms with Gasteiger partial charge in [-0.15, -0.1) is 0 Å². The van der Waals surface area contributed by atoms with Crippen molar-refractivity contribution in [3.63, 3.8) is 0 Å². The van der Waals surface area contributed by atoms with Gasteiger partial charge in [0, 0.05) is 83.0 Å². The number of fused-ring (bicyclic) bond motifs is 6. The van der Waals surface area contributed by atoms with Crippen LogP contribution in [-0.4, -0.2) is 54.0 Å². The van der Waals surface area contributed by atoms with E-state index in [4.69, 9.17) is 44.9 Å². The molecular formula is C89H53N13. The number of rotatable bonds is 13. The molecule has 102 heavy (non-hydrogen) atoms. The Hall–Kier alpha value is -14.5. The quantitative estimate of drug-likeness (QED) is 0.107. The van der Waals surface area contributed by atoms with Gasteiger partial charge >= 0.3 is 0 Å². The maximum absolute atomic E-state index is 10.4. The minimum Gasteiger partial charge on any atom is -0.309 e. The summed E-state index contributed by atoms with van der Waals surface area (Å²) in [5.74, 6) is 4.67. The molecule has 13 heteroatoms. The fourth-order valence-electron chi connectivity index (χ4n) is 13.7. The second kappa shape index (κ2) is 25.5. The van der Waals surface area contributed by atoms with Crippen LogP contribution < -0.4 is 0 Å². The first-order chi connectivity index (χ1) is 50.4. The van der Waals surface area contributed by atoms with Gasteiger partial charge in [0.15, 0.2) is 52.4 Å². The Balaban J connectivity index is 0.832. The summed E-state index contributed by atoms with van der Waals surface area (Å²) in [6, 6.07) is 112. The van der Waals surface area contributed by atoms with E-state index in [-0.39, 0.29) is 0 Å². The third-order valence-electron chi connectivity index (χ3n) is 18.5. The first-order valence-electron chi connectivity index (χ1n) is 33.4. The van der Waals surface area contributed by atoms with Crippen molar-refractivity contribution in [2.24, 2.45) is 0 Å². The summed E-state index contributed by atoms with van der Waals surface area (Å²) in [5, 5.41) is 24.9. The van der Waals surface area contributed by atoms with Crippen LogP contribution in [0.5, 0.6) is 0 Å². The summed E-state index contributed by atoms with van der Waals surface area (Å²) in [6.07, 6.45) is 0. The van der Waals surface area contributed by atoms with E-state index >= 15 is 0 Å². The fourth-order valence-corrected chi connectivity index (χ4v) is 13.7. The van der Waals surface area contributed by atoms with Gasteiger partial charge in [0.25, 0.3) is 0 Å². The van der Waals surface area contributed by atoms with E-state index in [1.165, 1.54) is 0 Å². The Morgan fingerprint density at radius 3 is 0.824 bits per heavy atom. The zero-order valence-corrected chi connectivity index (χ0v) is 54.4. The van der Waals surface area contributed by atoms with Crippen molar-refractivity contribution in [3.05, 3.63) is 333 Å². The molecule has 0 aliphatic carbocycles. The molecule has 0 unspecified atom stereocenters. The number of hydrogen-bond donors (Lipinski definition) is 0. The molecule has 13 aromatic carbocycles. The van der Waals surface area contributed by atoms with Crippen molar-refractivity contribution >= 4 is 43.6 Å². The highest BCUT2D eigenvalue weighted by atomic mass is 15.1. The Kier molecular flexibility index (Phi) is 15.0. The van der Waals surface area contributed by atoms with Crippen LogP contribution in [0.2, 0.25) is 0 Å². The highest BCUT2D eigenvalue weighted by Gasteiger charge is 2.25. The van der Waals surface area contributed by atoms with Gasteiger partial charge in [-0.05, 0) is 119 Å². The molecule has 0 N–H and O–H groups in total. The van der Waals surface area contributed by atoms with Crippen LogP contribution in [0.3, 0.4) is 0 Å². The maximum Gasteiger partial charge on any atom is 0.164 e. The molecule has 0 spiro atoms. The van der Waals surface area contributed by atoms with E-state index in [1.54, 1.807) is 0 Å². The van der Waals surface area contributed by atoms with Crippen molar-refractivity contribution in [3.8, 4) is 148 Å². The number of benzene rings is 13. The normalized spacial score (nSPS) is 11.3. The minimum atomic E-state index is 0.398. The molecule has 18 aromatic rings. The Bertz CT molecular complexity index is 5920. The molecule has 0 radical (unpaired) electrons. The second-order valence-electron chi connectivity index (χ2n) is 24.8. The summed E-state index contributed by atoms with van der Waals surface area (Å²) in [7, 11) is 0. The van der Waals surface area contributed by atoms with Crippen molar-refractivity contribution in [2.75, 3.05) is 0 Å². The van der Waals surface area contributed by atoms with Gasteiger partial charge < -0.3 is 9.13 Å². The third-order valence-corrected chi connectivity index (χ3v) is 18.5. The van der Waals surface area contributed by atoms with E-state index in [9.17, 15) is 10.5 Å². The molecule has 5 aromatic heterocycles. The Morgan fingerprint density at radius 2 is 0.480 bits per heavy atom. The number of nitriles is 2. The van der Waals surface area contributed by atoms with Crippen LogP contribution >= 0.6 is 0 Å². The van der Waals surface area contributed by atoms with Crippen molar-refractivity contribution in [1.29, 1.82) is 10.5 Å². The van der Waals surface area contributed by atoms with Crippen LogP contribution in [0.15, 0.2) is 322 Å². The lowest BCUT2D eigenvalue weighted by Gasteiger charge is -2.17. The van der Waals surface area contributed by atoms with Gasteiger partial charge in [-0.3, -0.25) is 0 Å². The fraction of sp³-hybridized carbons (Fsp3) is 0. The van der Waals surface area contributed by atoms with Gasteiger partial charge in [0.1, 0.15) is 0 Å². The van der Waals surface area contributed by atoms with E-state index in [2.05, 4.69) is 143 Å². The Labute approximate surface area is 585 Å². The summed E-state index contributed by atoms with van der Waals surface area (Å²) in [4.78, 5) is 47.0. The van der Waals surface area contributed by atoms with Crippen LogP contribution in [-0.2, 0) is 0 Å². The van der Waals surface area contributed by atoms with Gasteiger partial charge in [-0.25, -0.2) is 44.9 Å². The van der Waals surface area contributed by atoms with E-state index in [0.29, 0.717) is 74.7 Å². The van der Waals surface area contributed by atoms with Crippen molar-refractivity contribution in [2.45, 2.75) is 0 Å². The molecule has 0 bridgehead atoms. The smallest absolute Gasteiger partial charge is 0.164 e. The molecule has 0 amide bonds. The SMILES string of the molecule is N#Cc1cccc(-c2ccc(-n3c4ccccc4c4cc(-c5nc(-c6ccccc6)nc(-c6ccccc6)n5)ccc43)cc2-c2nc(-c3ccccc3)nc(-c3cc(-n4c5ccccc5c5cc(-c6nc(-c7ccccc7)nc(-c7ccccc7)n6)ccc54)ccc3-c3cccc(C#N)c3)n2)c1. The monoisotopic (exact) mass is 1300 g/mol. The van der Waals surface area contributed by atoms with Gasteiger partial charge in [0.2, 0.25) is 0 Å². The zero-order valence-electron chi connectivity index (χ0n) is 54.4. The Morgan fingerprint density at radius 1 is 0.196 bits per heavy atom. The van der Waals surface area contributed by atoms with E-state index in [1.807, 2.05) is 200 Å². The standard InChI is InChI=1S/C89H53N13/c90-54-56-22-20-34-63(48-56)69-44-42-67(101-77-38-18-16-36-71(77)73-50-65(40-46-79(73)101)86-94-81(58-24-6-1-7-25-58)92-82(95-86)59-26-8-2-9-27-59)52-75(69)88-98-85(62-32-14-5-15-33-62)99-89(100-88)76-53-68(43-45-70(76)64-35-21-23-57(49-64)55-91)102-78-39-19-17-37-72(78)74-51-66(41-47-80(74)102)87-96-83(60-28-10-3-11-29-60)93-84(97-87)61-30-12-4-13-31-61/h1-53H. The van der Waals surface area contributed by atoms with Crippen LogP contribution in [0.1, 0.15) is 11.1 Å². The van der Waals surface area contributed by atoms with E-state index in [0.717, 1.165) is 116 Å². The molecule has 0 aliphatic rings. The van der Waals surface area contributed by atoms with Gasteiger partial charge in [0.05, 0.1) is 45.3 Å². The van der Waals surface area contributed by atoms with Crippen LogP contribution in [0.25, 0.3) is 180 Å². The predicted octanol–water partition coefficient (Wildman–Crippen LogP) is 20.5. The predicted molar refractivity (Wildman–Crippen MR) is 405 cm³/mol. The molecule has 474 valence electrons. The molecule has 0 aliphatic heterocycles. The molecule has 0 saturated heterocycles.